The molecule has 0 aliphatic heterocycles. The Morgan fingerprint density at radius 2 is 0.982 bits per heavy atom. The molecule has 9 heteroatoms. The van der Waals surface area contributed by atoms with Crippen LogP contribution in [-0.2, 0) is 27.9 Å². The molecule has 0 saturated heterocycles. The molecule has 0 heterocycles. The van der Waals surface area contributed by atoms with Crippen molar-refractivity contribution < 1.29 is 32.8 Å². The number of rotatable bonds is 44. The lowest BCUT2D eigenvalue weighted by molar-refractivity contribution is -0.154. The lowest BCUT2D eigenvalue weighted by atomic mass is 10.1. The third-order valence-corrected chi connectivity index (χ3v) is 10.8. The van der Waals surface area contributed by atoms with Crippen LogP contribution in [0, 0.1) is 0 Å². The van der Waals surface area contributed by atoms with Crippen LogP contribution in [0.2, 0.25) is 0 Å². The van der Waals surface area contributed by atoms with E-state index in [0.717, 1.165) is 51.4 Å². The van der Waals surface area contributed by atoms with Crippen molar-refractivity contribution in [3.8, 4) is 0 Å². The van der Waals surface area contributed by atoms with E-state index in [1.54, 1.807) is 0 Å². The fourth-order valence-corrected chi connectivity index (χ4v) is 7.13. The molecule has 0 aromatic carbocycles. The molecule has 0 aromatic heterocycles. The molecule has 324 valence electrons. The monoisotopic (exact) mass is 798 g/mol. The standard InChI is InChI=1S/C46H88NO7P/c1-3-5-7-9-11-13-15-17-19-20-21-22-23-24-25-27-29-31-33-35-37-39-46(48)54-45(44-53-55(49,50)52-42-40-47)43-51-41-38-36-34-32-30-28-26-18-16-14-12-10-8-6-4-2/h10,12,16,18,20-21,45H,3-9,11,13-15,17,19,22-44,47H2,1-2H3,(H,49,50)/b12-10-,18-16-,21-20-. The van der Waals surface area contributed by atoms with Gasteiger partial charge in [0.1, 0.15) is 6.10 Å². The van der Waals surface area contributed by atoms with Gasteiger partial charge in [-0.3, -0.25) is 13.8 Å². The SMILES string of the molecule is CCCC/C=C\C/C=C\CCCCCCCCOCC(COP(=O)(O)OCCN)OC(=O)CCCCCCCCCCC/C=C\CCCCCCCCCC. The van der Waals surface area contributed by atoms with Gasteiger partial charge in [0.25, 0.3) is 0 Å². The minimum atomic E-state index is -4.28. The minimum absolute atomic E-state index is 0.0979. The van der Waals surface area contributed by atoms with Gasteiger partial charge in [-0.2, -0.15) is 0 Å². The minimum Gasteiger partial charge on any atom is -0.457 e. The Balaban J connectivity index is 3.99. The highest BCUT2D eigenvalue weighted by molar-refractivity contribution is 7.47. The molecule has 0 aliphatic carbocycles. The molecule has 0 aromatic rings. The van der Waals surface area contributed by atoms with E-state index in [0.29, 0.717) is 13.0 Å². The Morgan fingerprint density at radius 3 is 1.49 bits per heavy atom. The predicted octanol–water partition coefficient (Wildman–Crippen LogP) is 13.8. The van der Waals surface area contributed by atoms with Gasteiger partial charge in [-0.1, -0.05) is 179 Å². The Kier molecular flexibility index (Phi) is 42.8. The van der Waals surface area contributed by atoms with Gasteiger partial charge in [0.05, 0.1) is 19.8 Å². The van der Waals surface area contributed by atoms with Crippen LogP contribution in [-0.4, -0.2) is 49.9 Å². The maximum absolute atomic E-state index is 12.6. The van der Waals surface area contributed by atoms with Crippen LogP contribution in [0.25, 0.3) is 0 Å². The van der Waals surface area contributed by atoms with Gasteiger partial charge in [-0.25, -0.2) is 4.57 Å². The smallest absolute Gasteiger partial charge is 0.457 e. The van der Waals surface area contributed by atoms with Crippen molar-refractivity contribution >= 4 is 13.8 Å². The van der Waals surface area contributed by atoms with E-state index in [4.69, 9.17) is 24.3 Å². The first-order valence-electron chi connectivity index (χ1n) is 23.0. The summed E-state index contributed by atoms with van der Waals surface area (Å²) in [5, 5.41) is 0. The van der Waals surface area contributed by atoms with E-state index in [1.165, 1.54) is 141 Å². The third kappa shape index (κ3) is 43.7. The molecule has 8 nitrogen and oxygen atoms in total. The Morgan fingerprint density at radius 1 is 0.545 bits per heavy atom. The summed E-state index contributed by atoms with van der Waals surface area (Å²) in [7, 11) is -4.28. The fourth-order valence-electron chi connectivity index (χ4n) is 6.36. The van der Waals surface area contributed by atoms with Crippen molar-refractivity contribution in [1.29, 1.82) is 0 Å². The molecular weight excluding hydrogens is 709 g/mol. The second kappa shape index (κ2) is 43.8. The van der Waals surface area contributed by atoms with Gasteiger partial charge < -0.3 is 20.1 Å². The summed E-state index contributed by atoms with van der Waals surface area (Å²) in [6.07, 6.45) is 50.2. The molecular formula is C46H88NO7P. The van der Waals surface area contributed by atoms with E-state index in [1.807, 2.05) is 0 Å². The van der Waals surface area contributed by atoms with Gasteiger partial charge in [0, 0.05) is 19.6 Å². The van der Waals surface area contributed by atoms with Crippen LogP contribution in [0.4, 0.5) is 0 Å². The zero-order valence-corrected chi connectivity index (χ0v) is 36.8. The number of carbonyl (C=O) groups is 1. The summed E-state index contributed by atoms with van der Waals surface area (Å²) in [4.78, 5) is 22.5. The molecule has 55 heavy (non-hydrogen) atoms. The summed E-state index contributed by atoms with van der Waals surface area (Å²) < 4.78 is 33.5. The Hall–Kier alpha value is -1.28. The van der Waals surface area contributed by atoms with Crippen LogP contribution < -0.4 is 5.73 Å². The molecule has 0 rings (SSSR count). The summed E-state index contributed by atoms with van der Waals surface area (Å²) in [5.41, 5.74) is 5.37. The van der Waals surface area contributed by atoms with Gasteiger partial charge in [-0.05, 0) is 64.2 Å². The maximum atomic E-state index is 12.6. The van der Waals surface area contributed by atoms with Crippen LogP contribution in [0.3, 0.4) is 0 Å². The molecule has 0 fully saturated rings. The van der Waals surface area contributed by atoms with E-state index >= 15 is 0 Å². The number of phosphoric acid groups is 1. The number of allylic oxidation sites excluding steroid dienone is 6. The highest BCUT2D eigenvalue weighted by Crippen LogP contribution is 2.43. The molecule has 0 bridgehead atoms. The number of nitrogens with two attached hydrogens (primary N) is 1. The highest BCUT2D eigenvalue weighted by atomic mass is 31.2. The lowest BCUT2D eigenvalue weighted by Gasteiger charge is -2.20. The van der Waals surface area contributed by atoms with Crippen molar-refractivity contribution in [3.63, 3.8) is 0 Å². The van der Waals surface area contributed by atoms with Gasteiger partial charge in [-0.15, -0.1) is 0 Å². The number of hydrogen-bond acceptors (Lipinski definition) is 7. The van der Waals surface area contributed by atoms with Crippen LogP contribution in [0.5, 0.6) is 0 Å². The largest absolute Gasteiger partial charge is 0.472 e. The summed E-state index contributed by atoms with van der Waals surface area (Å²) in [5.74, 6) is -0.335. The molecule has 0 radical (unpaired) electrons. The normalized spacial score (nSPS) is 13.7. The van der Waals surface area contributed by atoms with E-state index in [-0.39, 0.29) is 32.3 Å². The second-order valence-corrected chi connectivity index (χ2v) is 16.7. The van der Waals surface area contributed by atoms with E-state index in [9.17, 15) is 14.3 Å². The molecule has 3 N–H and O–H groups in total. The van der Waals surface area contributed by atoms with E-state index < -0.39 is 13.9 Å². The first-order valence-corrected chi connectivity index (χ1v) is 24.5. The number of hydrogen-bond donors (Lipinski definition) is 2. The number of esters is 1. The Bertz CT molecular complexity index is 941. The summed E-state index contributed by atoms with van der Waals surface area (Å²) in [6.45, 7) is 4.88. The number of phosphoric ester groups is 1. The first kappa shape index (κ1) is 53.7. The zero-order chi connectivity index (χ0) is 40.2. The average Bonchev–Trinajstić information content (AvgIpc) is 3.17. The molecule has 0 amide bonds. The fraction of sp³-hybridized carbons (Fsp3) is 0.848. The van der Waals surface area contributed by atoms with Crippen molar-refractivity contribution in [2.75, 3.05) is 33.0 Å². The third-order valence-electron chi connectivity index (χ3n) is 9.78. The zero-order valence-electron chi connectivity index (χ0n) is 35.9. The molecule has 0 aliphatic rings. The number of carbonyl (C=O) groups excluding carboxylic acids is 1. The number of ether oxygens (including phenoxy) is 2. The van der Waals surface area contributed by atoms with Crippen molar-refractivity contribution in [3.05, 3.63) is 36.5 Å². The molecule has 2 atom stereocenters. The predicted molar refractivity (Wildman–Crippen MR) is 233 cm³/mol. The van der Waals surface area contributed by atoms with Crippen molar-refractivity contribution in [2.24, 2.45) is 5.73 Å². The van der Waals surface area contributed by atoms with Gasteiger partial charge in [0.15, 0.2) is 0 Å². The topological polar surface area (TPSA) is 117 Å². The molecule has 2 unspecified atom stereocenters. The van der Waals surface area contributed by atoms with Crippen LogP contribution in [0.1, 0.15) is 213 Å². The quantitative estimate of drug-likeness (QED) is 0.0271. The number of unbranched alkanes of at least 4 members (excludes halogenated alkanes) is 25. The average molecular weight is 798 g/mol. The van der Waals surface area contributed by atoms with Crippen LogP contribution >= 0.6 is 7.82 Å². The van der Waals surface area contributed by atoms with Crippen molar-refractivity contribution in [2.45, 2.75) is 219 Å². The van der Waals surface area contributed by atoms with Crippen LogP contribution in [0.15, 0.2) is 36.5 Å². The molecule has 0 saturated carbocycles. The summed E-state index contributed by atoms with van der Waals surface area (Å²) in [6, 6.07) is 0. The highest BCUT2D eigenvalue weighted by Gasteiger charge is 2.25. The lowest BCUT2D eigenvalue weighted by Crippen LogP contribution is -2.28. The van der Waals surface area contributed by atoms with E-state index in [2.05, 4.69) is 50.3 Å². The van der Waals surface area contributed by atoms with Gasteiger partial charge >= 0.3 is 13.8 Å². The van der Waals surface area contributed by atoms with Crippen molar-refractivity contribution in [1.82, 2.24) is 0 Å². The Labute approximate surface area is 339 Å². The molecule has 0 spiro atoms. The second-order valence-electron chi connectivity index (χ2n) is 15.3. The van der Waals surface area contributed by atoms with Gasteiger partial charge in [0.2, 0.25) is 0 Å². The first-order chi connectivity index (χ1) is 26.9. The maximum Gasteiger partial charge on any atom is 0.472 e. The summed E-state index contributed by atoms with van der Waals surface area (Å²) >= 11 is 0.